The molecule has 9 heteroatoms. The summed E-state index contributed by atoms with van der Waals surface area (Å²) in [7, 11) is -3.71. The predicted molar refractivity (Wildman–Crippen MR) is 68.5 cm³/mol. The van der Waals surface area contributed by atoms with Gasteiger partial charge >= 0.3 is 5.97 Å². The third kappa shape index (κ3) is 3.47. The Kier molecular flexibility index (Phi) is 4.61. The van der Waals surface area contributed by atoms with Crippen LogP contribution in [0, 0.1) is 0 Å². The maximum Gasteiger partial charge on any atom is 0.305 e. The number of aliphatic carboxylic acids is 1. The number of carbonyl (C=O) groups is 2. The van der Waals surface area contributed by atoms with E-state index in [9.17, 15) is 18.0 Å². The van der Waals surface area contributed by atoms with Gasteiger partial charge in [0.15, 0.2) is 0 Å². The number of piperazine rings is 1. The van der Waals surface area contributed by atoms with Crippen LogP contribution in [0.15, 0.2) is 0 Å². The molecular weight excluding hydrogens is 288 g/mol. The van der Waals surface area contributed by atoms with Gasteiger partial charge in [0.05, 0.1) is 18.3 Å². The number of hydrogen-bond donors (Lipinski definition) is 2. The minimum Gasteiger partial charge on any atom is -0.481 e. The molecule has 20 heavy (non-hydrogen) atoms. The minimum absolute atomic E-state index is 0.0960. The van der Waals surface area contributed by atoms with Crippen LogP contribution in [0.2, 0.25) is 0 Å². The van der Waals surface area contributed by atoms with Crippen molar-refractivity contribution in [1.82, 2.24) is 9.62 Å². The third-order valence-electron chi connectivity index (χ3n) is 3.43. The zero-order valence-electron chi connectivity index (χ0n) is 10.9. The molecule has 2 unspecified atom stereocenters. The standard InChI is InChI=1S/C11H18N2O6S/c14-10(15)6-9-11(16)12-3-4-13(9)20(17,18)7-8-2-1-5-19-8/h8-9H,1-7H2,(H,12,16)(H,14,15). The Morgan fingerprint density at radius 2 is 2.25 bits per heavy atom. The van der Waals surface area contributed by atoms with Gasteiger partial charge in [-0.05, 0) is 12.8 Å². The van der Waals surface area contributed by atoms with Gasteiger partial charge in [0, 0.05) is 19.7 Å². The third-order valence-corrected chi connectivity index (χ3v) is 5.37. The van der Waals surface area contributed by atoms with Crippen LogP contribution in [-0.2, 0) is 24.3 Å². The van der Waals surface area contributed by atoms with Crippen LogP contribution in [0.5, 0.6) is 0 Å². The molecule has 0 aromatic carbocycles. The highest BCUT2D eigenvalue weighted by Gasteiger charge is 2.40. The molecule has 0 saturated carbocycles. The highest BCUT2D eigenvalue weighted by Crippen LogP contribution is 2.20. The highest BCUT2D eigenvalue weighted by molar-refractivity contribution is 7.89. The van der Waals surface area contributed by atoms with Crippen LogP contribution >= 0.6 is 0 Å². The molecule has 0 spiro atoms. The van der Waals surface area contributed by atoms with Crippen molar-refractivity contribution in [2.24, 2.45) is 0 Å². The molecule has 0 aliphatic carbocycles. The Hall–Kier alpha value is -1.19. The molecule has 2 aliphatic rings. The zero-order chi connectivity index (χ0) is 14.8. The smallest absolute Gasteiger partial charge is 0.305 e. The van der Waals surface area contributed by atoms with Gasteiger partial charge in [0.25, 0.3) is 0 Å². The molecule has 1 amide bonds. The second kappa shape index (κ2) is 6.06. The fourth-order valence-corrected chi connectivity index (χ4v) is 4.34. The molecule has 114 valence electrons. The number of carbonyl (C=O) groups excluding carboxylic acids is 1. The number of rotatable bonds is 5. The second-order valence-electron chi connectivity index (χ2n) is 4.93. The Morgan fingerprint density at radius 1 is 1.50 bits per heavy atom. The molecule has 2 atom stereocenters. The molecule has 2 fully saturated rings. The number of nitrogens with zero attached hydrogens (tertiary/aromatic N) is 1. The number of amides is 1. The average molecular weight is 306 g/mol. The van der Waals surface area contributed by atoms with E-state index in [1.165, 1.54) is 0 Å². The summed E-state index contributed by atoms with van der Waals surface area (Å²) >= 11 is 0. The quantitative estimate of drug-likeness (QED) is 0.657. The Morgan fingerprint density at radius 3 is 2.85 bits per heavy atom. The largest absolute Gasteiger partial charge is 0.481 e. The maximum absolute atomic E-state index is 12.4. The van der Waals surface area contributed by atoms with Gasteiger partial charge in [-0.25, -0.2) is 8.42 Å². The van der Waals surface area contributed by atoms with Gasteiger partial charge in [-0.3, -0.25) is 9.59 Å². The monoisotopic (exact) mass is 306 g/mol. The van der Waals surface area contributed by atoms with Crippen LogP contribution in [0.4, 0.5) is 0 Å². The van der Waals surface area contributed by atoms with Crippen molar-refractivity contribution in [3.63, 3.8) is 0 Å². The number of nitrogens with one attached hydrogen (secondary N) is 1. The SMILES string of the molecule is O=C(O)CC1C(=O)NCCN1S(=O)(=O)CC1CCCO1. The molecular formula is C11H18N2O6S. The molecule has 0 bridgehead atoms. The van der Waals surface area contributed by atoms with E-state index in [-0.39, 0.29) is 24.9 Å². The average Bonchev–Trinajstić information content (AvgIpc) is 2.83. The first-order chi connectivity index (χ1) is 9.40. The summed E-state index contributed by atoms with van der Waals surface area (Å²) < 4.78 is 31.0. The van der Waals surface area contributed by atoms with E-state index in [1.54, 1.807) is 0 Å². The van der Waals surface area contributed by atoms with Crippen LogP contribution < -0.4 is 5.32 Å². The lowest BCUT2D eigenvalue weighted by atomic mass is 10.1. The van der Waals surface area contributed by atoms with Gasteiger partial charge in [-0.15, -0.1) is 0 Å². The fourth-order valence-electron chi connectivity index (χ4n) is 2.49. The Balaban J connectivity index is 2.13. The molecule has 2 saturated heterocycles. The first-order valence-electron chi connectivity index (χ1n) is 6.51. The molecule has 2 rings (SSSR count). The second-order valence-corrected chi connectivity index (χ2v) is 6.90. The number of carboxylic acid groups (broad SMARTS) is 1. The van der Waals surface area contributed by atoms with Crippen molar-refractivity contribution in [3.05, 3.63) is 0 Å². The summed E-state index contributed by atoms with van der Waals surface area (Å²) in [5.74, 6) is -1.96. The summed E-state index contributed by atoms with van der Waals surface area (Å²) in [4.78, 5) is 22.5. The van der Waals surface area contributed by atoms with Gasteiger partial charge in [0.2, 0.25) is 15.9 Å². The molecule has 0 radical (unpaired) electrons. The van der Waals surface area contributed by atoms with Crippen LogP contribution in [0.25, 0.3) is 0 Å². The first-order valence-corrected chi connectivity index (χ1v) is 8.11. The van der Waals surface area contributed by atoms with Gasteiger partial charge < -0.3 is 15.2 Å². The Labute approximate surface area is 117 Å². The number of sulfonamides is 1. The predicted octanol–water partition coefficient (Wildman–Crippen LogP) is -1.23. The van der Waals surface area contributed by atoms with E-state index in [0.29, 0.717) is 13.0 Å². The Bertz CT molecular complexity index is 485. The van der Waals surface area contributed by atoms with Crippen molar-refractivity contribution < 1.29 is 27.9 Å². The van der Waals surface area contributed by atoms with Crippen molar-refractivity contribution in [2.45, 2.75) is 31.4 Å². The van der Waals surface area contributed by atoms with Gasteiger partial charge in [-0.1, -0.05) is 0 Å². The highest BCUT2D eigenvalue weighted by atomic mass is 32.2. The number of ether oxygens (including phenoxy) is 1. The topological polar surface area (TPSA) is 113 Å². The summed E-state index contributed by atoms with van der Waals surface area (Å²) in [5.41, 5.74) is 0. The molecule has 2 aliphatic heterocycles. The summed E-state index contributed by atoms with van der Waals surface area (Å²) in [6, 6.07) is -1.17. The van der Waals surface area contributed by atoms with Crippen molar-refractivity contribution in [1.29, 1.82) is 0 Å². The minimum atomic E-state index is -3.71. The summed E-state index contributed by atoms with van der Waals surface area (Å²) in [6.45, 7) is 0.831. The number of carboxylic acids is 1. The number of hydrogen-bond acceptors (Lipinski definition) is 5. The summed E-state index contributed by atoms with van der Waals surface area (Å²) in [5, 5.41) is 11.3. The summed E-state index contributed by atoms with van der Waals surface area (Å²) in [6.07, 6.45) is 0.592. The van der Waals surface area contributed by atoms with E-state index >= 15 is 0 Å². The lowest BCUT2D eigenvalue weighted by Gasteiger charge is -2.33. The maximum atomic E-state index is 12.4. The molecule has 2 heterocycles. The molecule has 0 aromatic heterocycles. The van der Waals surface area contributed by atoms with Crippen LogP contribution in [-0.4, -0.2) is 67.3 Å². The lowest BCUT2D eigenvalue weighted by Crippen LogP contribution is -2.58. The van der Waals surface area contributed by atoms with E-state index in [0.717, 1.165) is 10.7 Å². The first kappa shape index (κ1) is 15.2. The van der Waals surface area contributed by atoms with Crippen molar-refractivity contribution in [3.8, 4) is 0 Å². The van der Waals surface area contributed by atoms with Crippen molar-refractivity contribution >= 4 is 21.9 Å². The van der Waals surface area contributed by atoms with E-state index < -0.39 is 34.4 Å². The van der Waals surface area contributed by atoms with E-state index in [4.69, 9.17) is 9.84 Å². The molecule has 2 N–H and O–H groups in total. The van der Waals surface area contributed by atoms with Crippen molar-refractivity contribution in [2.75, 3.05) is 25.4 Å². The van der Waals surface area contributed by atoms with E-state index in [1.807, 2.05) is 0 Å². The zero-order valence-corrected chi connectivity index (χ0v) is 11.8. The fraction of sp³-hybridized carbons (Fsp3) is 0.818. The molecule has 8 nitrogen and oxygen atoms in total. The van der Waals surface area contributed by atoms with Gasteiger partial charge in [0.1, 0.15) is 6.04 Å². The van der Waals surface area contributed by atoms with Crippen LogP contribution in [0.3, 0.4) is 0 Å². The molecule has 0 aromatic rings. The van der Waals surface area contributed by atoms with Crippen LogP contribution in [0.1, 0.15) is 19.3 Å². The lowest BCUT2D eigenvalue weighted by molar-refractivity contribution is -0.141. The van der Waals surface area contributed by atoms with E-state index in [2.05, 4.69) is 5.32 Å². The normalized spacial score (nSPS) is 28.3. The van der Waals surface area contributed by atoms with Gasteiger partial charge in [-0.2, -0.15) is 4.31 Å².